The van der Waals surface area contributed by atoms with Crippen molar-refractivity contribution in [3.63, 3.8) is 0 Å². The molecule has 6 heteroatoms. The molecule has 0 aliphatic heterocycles. The van der Waals surface area contributed by atoms with E-state index < -0.39 is 10.0 Å². The van der Waals surface area contributed by atoms with Gasteiger partial charge >= 0.3 is 0 Å². The smallest absolute Gasteiger partial charge is 0.240 e. The van der Waals surface area contributed by atoms with Gasteiger partial charge in [0.2, 0.25) is 10.0 Å². The van der Waals surface area contributed by atoms with E-state index in [1.807, 2.05) is 6.07 Å². The molecule has 0 fully saturated rings. The third kappa shape index (κ3) is 3.38. The van der Waals surface area contributed by atoms with Gasteiger partial charge in [-0.3, -0.25) is 4.98 Å². The number of aromatic nitrogens is 1. The van der Waals surface area contributed by atoms with E-state index in [1.165, 1.54) is 0 Å². The molecule has 0 radical (unpaired) electrons. The Balaban J connectivity index is 2.11. The lowest BCUT2D eigenvalue weighted by Gasteiger charge is -2.06. The summed E-state index contributed by atoms with van der Waals surface area (Å²) >= 11 is 3.26. The van der Waals surface area contributed by atoms with Crippen molar-refractivity contribution in [1.82, 2.24) is 9.71 Å². The minimum Gasteiger partial charge on any atom is -0.260 e. The summed E-state index contributed by atoms with van der Waals surface area (Å²) < 4.78 is 27.3. The summed E-state index contributed by atoms with van der Waals surface area (Å²) in [5, 5.41) is 0. The molecular weight excluding hydrogens is 316 g/mol. The van der Waals surface area contributed by atoms with Gasteiger partial charge in [-0.2, -0.15) is 0 Å². The second-order valence-electron chi connectivity index (χ2n) is 3.60. The van der Waals surface area contributed by atoms with E-state index in [1.54, 1.807) is 42.6 Å². The van der Waals surface area contributed by atoms with Gasteiger partial charge in [0.25, 0.3) is 0 Å². The predicted molar refractivity (Wildman–Crippen MR) is 72.4 cm³/mol. The topological polar surface area (TPSA) is 59.1 Å². The molecule has 0 aliphatic rings. The fourth-order valence-corrected chi connectivity index (χ4v) is 2.63. The molecule has 0 atom stereocenters. The fourth-order valence-electron chi connectivity index (χ4n) is 1.37. The highest BCUT2D eigenvalue weighted by atomic mass is 79.9. The summed E-state index contributed by atoms with van der Waals surface area (Å²) in [4.78, 5) is 4.29. The molecule has 94 valence electrons. The number of rotatable bonds is 4. The minimum absolute atomic E-state index is 0.180. The number of sulfonamides is 1. The standard InChI is InChI=1S/C12H11BrN2O2S/c13-10-4-6-12(7-5-10)18(16,17)15-9-11-3-1-2-8-14-11/h1-8,15H,9H2. The fraction of sp³-hybridized carbons (Fsp3) is 0.0833. The van der Waals surface area contributed by atoms with Crippen molar-refractivity contribution in [3.05, 3.63) is 58.8 Å². The number of benzene rings is 1. The first-order valence-electron chi connectivity index (χ1n) is 5.23. The van der Waals surface area contributed by atoms with Gasteiger partial charge in [0.05, 0.1) is 17.1 Å². The lowest BCUT2D eigenvalue weighted by atomic mass is 10.4. The van der Waals surface area contributed by atoms with E-state index in [2.05, 4.69) is 25.6 Å². The monoisotopic (exact) mass is 326 g/mol. The maximum absolute atomic E-state index is 12.0. The zero-order valence-corrected chi connectivity index (χ0v) is 11.8. The van der Waals surface area contributed by atoms with Crippen molar-refractivity contribution in [2.45, 2.75) is 11.4 Å². The Hall–Kier alpha value is -1.24. The number of nitrogens with one attached hydrogen (secondary N) is 1. The lowest BCUT2D eigenvalue weighted by molar-refractivity contribution is 0.580. The largest absolute Gasteiger partial charge is 0.260 e. The van der Waals surface area contributed by atoms with Crippen LogP contribution >= 0.6 is 15.9 Å². The van der Waals surface area contributed by atoms with E-state index in [0.717, 1.165) is 4.47 Å². The zero-order chi connectivity index (χ0) is 13.0. The lowest BCUT2D eigenvalue weighted by Crippen LogP contribution is -2.23. The third-order valence-corrected chi connectivity index (χ3v) is 4.24. The predicted octanol–water partition coefficient (Wildman–Crippen LogP) is 2.32. The average molecular weight is 327 g/mol. The van der Waals surface area contributed by atoms with Gasteiger partial charge in [-0.1, -0.05) is 22.0 Å². The van der Waals surface area contributed by atoms with E-state index in [-0.39, 0.29) is 11.4 Å². The van der Waals surface area contributed by atoms with Gasteiger partial charge < -0.3 is 0 Å². The van der Waals surface area contributed by atoms with E-state index in [9.17, 15) is 8.42 Å². The third-order valence-electron chi connectivity index (χ3n) is 2.29. The van der Waals surface area contributed by atoms with Crippen LogP contribution in [0.5, 0.6) is 0 Å². The van der Waals surface area contributed by atoms with Crippen LogP contribution in [0.4, 0.5) is 0 Å². The number of pyridine rings is 1. The molecule has 0 amide bonds. The zero-order valence-electron chi connectivity index (χ0n) is 9.38. The normalized spacial score (nSPS) is 11.4. The van der Waals surface area contributed by atoms with Crippen LogP contribution in [0.15, 0.2) is 58.0 Å². The molecule has 0 aliphatic carbocycles. The molecule has 0 unspecified atom stereocenters. The molecule has 0 bridgehead atoms. The van der Waals surface area contributed by atoms with Crippen LogP contribution in [-0.4, -0.2) is 13.4 Å². The molecular formula is C12H11BrN2O2S. The number of halogens is 1. The summed E-state index contributed by atoms with van der Waals surface area (Å²) in [7, 11) is -3.49. The molecule has 18 heavy (non-hydrogen) atoms. The van der Waals surface area contributed by atoms with Crippen LogP contribution in [0.1, 0.15) is 5.69 Å². The maximum Gasteiger partial charge on any atom is 0.240 e. The summed E-state index contributed by atoms with van der Waals surface area (Å²) in [5.74, 6) is 0. The van der Waals surface area contributed by atoms with Crippen LogP contribution in [0.25, 0.3) is 0 Å². The molecule has 1 aromatic heterocycles. The molecule has 1 aromatic carbocycles. The molecule has 0 saturated carbocycles. The number of hydrogen-bond acceptors (Lipinski definition) is 3. The highest BCUT2D eigenvalue weighted by Gasteiger charge is 2.13. The van der Waals surface area contributed by atoms with Gasteiger partial charge in [0, 0.05) is 10.7 Å². The Morgan fingerprint density at radius 1 is 1.11 bits per heavy atom. The summed E-state index contributed by atoms with van der Waals surface area (Å²) in [6.45, 7) is 0.180. The Kier molecular flexibility index (Phi) is 4.11. The average Bonchev–Trinajstić information content (AvgIpc) is 2.38. The first-order chi connectivity index (χ1) is 8.58. The van der Waals surface area contributed by atoms with Crippen LogP contribution < -0.4 is 4.72 Å². The van der Waals surface area contributed by atoms with Crippen LogP contribution in [0, 0.1) is 0 Å². The quantitative estimate of drug-likeness (QED) is 0.938. The second kappa shape index (κ2) is 5.60. The van der Waals surface area contributed by atoms with Crippen molar-refractivity contribution >= 4 is 26.0 Å². The van der Waals surface area contributed by atoms with E-state index in [4.69, 9.17) is 0 Å². The number of hydrogen-bond donors (Lipinski definition) is 1. The van der Waals surface area contributed by atoms with Crippen molar-refractivity contribution in [2.75, 3.05) is 0 Å². The molecule has 1 N–H and O–H groups in total. The Morgan fingerprint density at radius 2 is 1.83 bits per heavy atom. The Bertz CT molecular complexity index is 612. The van der Waals surface area contributed by atoms with Crippen molar-refractivity contribution < 1.29 is 8.42 Å². The van der Waals surface area contributed by atoms with Crippen LogP contribution in [-0.2, 0) is 16.6 Å². The maximum atomic E-state index is 12.0. The van der Waals surface area contributed by atoms with Crippen molar-refractivity contribution in [3.8, 4) is 0 Å². The Morgan fingerprint density at radius 3 is 2.44 bits per heavy atom. The van der Waals surface area contributed by atoms with Gasteiger partial charge in [0.15, 0.2) is 0 Å². The minimum atomic E-state index is -3.49. The molecule has 4 nitrogen and oxygen atoms in total. The Labute approximate surface area is 114 Å². The van der Waals surface area contributed by atoms with Crippen LogP contribution in [0.2, 0.25) is 0 Å². The molecule has 2 rings (SSSR count). The van der Waals surface area contributed by atoms with E-state index in [0.29, 0.717) is 5.69 Å². The molecule has 0 spiro atoms. The van der Waals surface area contributed by atoms with Gasteiger partial charge in [0.1, 0.15) is 0 Å². The van der Waals surface area contributed by atoms with Crippen molar-refractivity contribution in [1.29, 1.82) is 0 Å². The molecule has 0 saturated heterocycles. The van der Waals surface area contributed by atoms with Gasteiger partial charge in [-0.15, -0.1) is 0 Å². The van der Waals surface area contributed by atoms with Gasteiger partial charge in [-0.05, 0) is 36.4 Å². The van der Waals surface area contributed by atoms with Crippen molar-refractivity contribution in [2.24, 2.45) is 0 Å². The van der Waals surface area contributed by atoms with Gasteiger partial charge in [-0.25, -0.2) is 13.1 Å². The SMILES string of the molecule is O=S(=O)(NCc1ccccn1)c1ccc(Br)cc1. The van der Waals surface area contributed by atoms with E-state index >= 15 is 0 Å². The summed E-state index contributed by atoms with van der Waals surface area (Å²) in [6, 6.07) is 11.8. The van der Waals surface area contributed by atoms with Crippen LogP contribution in [0.3, 0.4) is 0 Å². The summed E-state index contributed by atoms with van der Waals surface area (Å²) in [5.41, 5.74) is 0.679. The highest BCUT2D eigenvalue weighted by molar-refractivity contribution is 9.10. The summed E-state index contributed by atoms with van der Waals surface area (Å²) in [6.07, 6.45) is 1.63. The second-order valence-corrected chi connectivity index (χ2v) is 6.28. The molecule has 1 heterocycles. The highest BCUT2D eigenvalue weighted by Crippen LogP contribution is 2.14. The molecule has 2 aromatic rings. The first kappa shape index (κ1) is 13.2. The first-order valence-corrected chi connectivity index (χ1v) is 7.51. The number of nitrogens with zero attached hydrogens (tertiary/aromatic N) is 1.